The van der Waals surface area contributed by atoms with E-state index < -0.39 is 0 Å². The van der Waals surface area contributed by atoms with Crippen LogP contribution in [-0.2, 0) is 4.74 Å². The molecular formula is C15H18N2O2. The fourth-order valence-corrected chi connectivity index (χ4v) is 2.68. The number of anilines is 1. The normalized spacial score (nSPS) is 20.9. The van der Waals surface area contributed by atoms with Gasteiger partial charge in [0.15, 0.2) is 0 Å². The maximum atomic E-state index is 11.4. The van der Waals surface area contributed by atoms with Gasteiger partial charge in [0.1, 0.15) is 0 Å². The Balaban J connectivity index is 2.23. The van der Waals surface area contributed by atoms with Gasteiger partial charge in [0.2, 0.25) is 0 Å². The number of esters is 1. The lowest BCUT2D eigenvalue weighted by molar-refractivity contribution is 0.0601. The summed E-state index contributed by atoms with van der Waals surface area (Å²) in [6.45, 7) is 5.01. The SMILES string of the molecule is COC(=O)c1ccc(N2CC(C#N)CC2(C)C)cc1. The minimum Gasteiger partial charge on any atom is -0.465 e. The fourth-order valence-electron chi connectivity index (χ4n) is 2.68. The second-order valence-electron chi connectivity index (χ2n) is 5.49. The standard InChI is InChI=1S/C15H18N2O2/c1-15(2)8-11(9-16)10-17(15)13-6-4-12(5-7-13)14(18)19-3/h4-7,11H,8,10H2,1-3H3. The third-order valence-corrected chi connectivity index (χ3v) is 3.66. The zero-order valence-electron chi connectivity index (χ0n) is 11.5. The van der Waals surface area contributed by atoms with Crippen molar-refractivity contribution in [2.75, 3.05) is 18.6 Å². The number of rotatable bonds is 2. The monoisotopic (exact) mass is 258 g/mol. The van der Waals surface area contributed by atoms with Crippen molar-refractivity contribution in [3.63, 3.8) is 0 Å². The highest BCUT2D eigenvalue weighted by Crippen LogP contribution is 2.36. The number of benzene rings is 1. The Morgan fingerprint density at radius 3 is 2.53 bits per heavy atom. The third-order valence-electron chi connectivity index (χ3n) is 3.66. The van der Waals surface area contributed by atoms with E-state index in [0.29, 0.717) is 5.56 Å². The van der Waals surface area contributed by atoms with E-state index in [1.54, 1.807) is 12.1 Å². The van der Waals surface area contributed by atoms with Gasteiger partial charge in [-0.1, -0.05) is 0 Å². The summed E-state index contributed by atoms with van der Waals surface area (Å²) in [7, 11) is 1.37. The highest BCUT2D eigenvalue weighted by molar-refractivity contribution is 5.89. The van der Waals surface area contributed by atoms with Gasteiger partial charge in [0.05, 0.1) is 24.7 Å². The van der Waals surface area contributed by atoms with Gasteiger partial charge < -0.3 is 9.64 Å². The Kier molecular flexibility index (Phi) is 3.48. The number of hydrogen-bond donors (Lipinski definition) is 0. The summed E-state index contributed by atoms with van der Waals surface area (Å²) >= 11 is 0. The third kappa shape index (κ3) is 2.55. The van der Waals surface area contributed by atoms with Crippen LogP contribution in [0.15, 0.2) is 24.3 Å². The van der Waals surface area contributed by atoms with Crippen LogP contribution in [0.2, 0.25) is 0 Å². The summed E-state index contributed by atoms with van der Waals surface area (Å²) in [6.07, 6.45) is 0.863. The molecule has 1 atom stereocenters. The lowest BCUT2D eigenvalue weighted by Gasteiger charge is -2.33. The lowest BCUT2D eigenvalue weighted by Crippen LogP contribution is -2.38. The van der Waals surface area contributed by atoms with Gasteiger partial charge in [0, 0.05) is 17.8 Å². The van der Waals surface area contributed by atoms with Crippen LogP contribution in [0, 0.1) is 17.2 Å². The molecule has 0 aromatic heterocycles. The largest absolute Gasteiger partial charge is 0.465 e. The highest BCUT2D eigenvalue weighted by Gasteiger charge is 2.38. The molecule has 19 heavy (non-hydrogen) atoms. The second-order valence-corrected chi connectivity index (χ2v) is 5.49. The number of nitrogens with zero attached hydrogens (tertiary/aromatic N) is 2. The van der Waals surface area contributed by atoms with Crippen LogP contribution in [0.1, 0.15) is 30.6 Å². The van der Waals surface area contributed by atoms with Gasteiger partial charge in [-0.15, -0.1) is 0 Å². The van der Waals surface area contributed by atoms with Crippen molar-refractivity contribution in [2.24, 2.45) is 5.92 Å². The van der Waals surface area contributed by atoms with Crippen molar-refractivity contribution >= 4 is 11.7 Å². The molecule has 1 unspecified atom stereocenters. The highest BCUT2D eigenvalue weighted by atomic mass is 16.5. The summed E-state index contributed by atoms with van der Waals surface area (Å²) in [5, 5.41) is 9.07. The van der Waals surface area contributed by atoms with E-state index in [4.69, 9.17) is 5.26 Å². The van der Waals surface area contributed by atoms with E-state index in [0.717, 1.165) is 18.7 Å². The van der Waals surface area contributed by atoms with Crippen molar-refractivity contribution < 1.29 is 9.53 Å². The van der Waals surface area contributed by atoms with Gasteiger partial charge >= 0.3 is 5.97 Å². The topological polar surface area (TPSA) is 53.3 Å². The van der Waals surface area contributed by atoms with Crippen LogP contribution in [-0.4, -0.2) is 25.2 Å². The molecule has 0 N–H and O–H groups in total. The molecule has 0 saturated carbocycles. The van der Waals surface area contributed by atoms with Gasteiger partial charge in [0.25, 0.3) is 0 Å². The lowest BCUT2D eigenvalue weighted by atomic mass is 9.97. The second kappa shape index (κ2) is 4.93. The molecule has 1 aliphatic rings. The number of ether oxygens (including phenoxy) is 1. The molecule has 0 amide bonds. The van der Waals surface area contributed by atoms with Gasteiger partial charge in [-0.05, 0) is 44.5 Å². The summed E-state index contributed by atoms with van der Waals surface area (Å²) < 4.78 is 4.68. The molecule has 100 valence electrons. The summed E-state index contributed by atoms with van der Waals surface area (Å²) in [6, 6.07) is 9.68. The Morgan fingerprint density at radius 1 is 1.42 bits per heavy atom. The smallest absolute Gasteiger partial charge is 0.337 e. The molecule has 1 aliphatic heterocycles. The number of nitriles is 1. The Hall–Kier alpha value is -2.02. The number of methoxy groups -OCH3 is 1. The van der Waals surface area contributed by atoms with Crippen molar-refractivity contribution in [3.05, 3.63) is 29.8 Å². The molecule has 4 heteroatoms. The van der Waals surface area contributed by atoms with E-state index in [1.165, 1.54) is 7.11 Å². The molecule has 0 radical (unpaired) electrons. The summed E-state index contributed by atoms with van der Waals surface area (Å²) in [5.74, 6) is -0.266. The minimum absolute atomic E-state index is 0.0345. The van der Waals surface area contributed by atoms with E-state index in [2.05, 4.69) is 29.6 Å². The molecule has 4 nitrogen and oxygen atoms in total. The van der Waals surface area contributed by atoms with E-state index >= 15 is 0 Å². The van der Waals surface area contributed by atoms with Crippen LogP contribution in [0.5, 0.6) is 0 Å². The van der Waals surface area contributed by atoms with Crippen molar-refractivity contribution in [2.45, 2.75) is 25.8 Å². The van der Waals surface area contributed by atoms with Crippen molar-refractivity contribution in [1.82, 2.24) is 0 Å². The predicted molar refractivity (Wildman–Crippen MR) is 72.9 cm³/mol. The first kappa shape index (κ1) is 13.4. The fraction of sp³-hybridized carbons (Fsp3) is 0.467. The van der Waals surface area contributed by atoms with Crippen LogP contribution in [0.25, 0.3) is 0 Å². The summed E-state index contributed by atoms with van der Waals surface area (Å²) in [5.41, 5.74) is 1.54. The van der Waals surface area contributed by atoms with Crippen molar-refractivity contribution in [1.29, 1.82) is 5.26 Å². The molecule has 1 heterocycles. The van der Waals surface area contributed by atoms with E-state index in [-0.39, 0.29) is 17.4 Å². The van der Waals surface area contributed by atoms with Crippen LogP contribution >= 0.6 is 0 Å². The van der Waals surface area contributed by atoms with Crippen LogP contribution < -0.4 is 4.90 Å². The molecule has 0 aliphatic carbocycles. The molecule has 1 aromatic rings. The average Bonchev–Trinajstić information content (AvgIpc) is 2.73. The van der Waals surface area contributed by atoms with Crippen molar-refractivity contribution in [3.8, 4) is 6.07 Å². The first-order chi connectivity index (χ1) is 8.97. The Labute approximate surface area is 113 Å². The quantitative estimate of drug-likeness (QED) is 0.765. The van der Waals surface area contributed by atoms with Gasteiger partial charge in [-0.3, -0.25) is 0 Å². The first-order valence-corrected chi connectivity index (χ1v) is 6.33. The Morgan fingerprint density at radius 2 is 2.05 bits per heavy atom. The molecule has 0 bridgehead atoms. The van der Waals surface area contributed by atoms with E-state index in [9.17, 15) is 4.79 Å². The number of carbonyl (C=O) groups is 1. The molecule has 0 spiro atoms. The molecule has 1 fully saturated rings. The first-order valence-electron chi connectivity index (χ1n) is 6.33. The average molecular weight is 258 g/mol. The van der Waals surface area contributed by atoms with Crippen LogP contribution in [0.4, 0.5) is 5.69 Å². The van der Waals surface area contributed by atoms with E-state index in [1.807, 2.05) is 12.1 Å². The maximum Gasteiger partial charge on any atom is 0.337 e. The molecule has 1 aromatic carbocycles. The summed E-state index contributed by atoms with van der Waals surface area (Å²) in [4.78, 5) is 13.6. The van der Waals surface area contributed by atoms with Gasteiger partial charge in [-0.25, -0.2) is 4.79 Å². The molecule has 2 rings (SSSR count). The zero-order chi connectivity index (χ0) is 14.0. The molecular weight excluding hydrogens is 240 g/mol. The maximum absolute atomic E-state index is 11.4. The predicted octanol–water partition coefficient (Wildman–Crippen LogP) is 2.60. The number of carbonyl (C=O) groups excluding carboxylic acids is 1. The van der Waals surface area contributed by atoms with Gasteiger partial charge in [-0.2, -0.15) is 5.26 Å². The molecule has 1 saturated heterocycles. The number of hydrogen-bond acceptors (Lipinski definition) is 4. The van der Waals surface area contributed by atoms with Crippen LogP contribution in [0.3, 0.4) is 0 Å². The zero-order valence-corrected chi connectivity index (χ0v) is 11.5. The minimum atomic E-state index is -0.331. The Bertz CT molecular complexity index is 514.